The summed E-state index contributed by atoms with van der Waals surface area (Å²) in [5.74, 6) is 1.39. The number of fused-ring (bicyclic) bond motifs is 2. The van der Waals surface area contributed by atoms with E-state index in [1.165, 1.54) is 12.8 Å². The summed E-state index contributed by atoms with van der Waals surface area (Å²) in [6.45, 7) is 2.08. The molecule has 0 bridgehead atoms. The largest absolute Gasteiger partial charge is 0.339 e. The Hall–Kier alpha value is -1.36. The highest BCUT2D eigenvalue weighted by Gasteiger charge is 2.41. The first-order valence-corrected chi connectivity index (χ1v) is 9.41. The normalized spacial score (nSPS) is 28.7. The van der Waals surface area contributed by atoms with Crippen LogP contribution >= 0.6 is 15.9 Å². The van der Waals surface area contributed by atoms with Crippen LogP contribution in [0.2, 0.25) is 0 Å². The third-order valence-electron chi connectivity index (χ3n) is 5.40. The maximum Gasteiger partial charge on any atom is 0.226 e. The van der Waals surface area contributed by atoms with Crippen molar-refractivity contribution in [1.82, 2.24) is 14.9 Å². The molecule has 1 N–H and O–H groups in total. The van der Waals surface area contributed by atoms with Crippen LogP contribution in [-0.2, 0) is 4.79 Å². The lowest BCUT2D eigenvalue weighted by Crippen LogP contribution is -2.41. The van der Waals surface area contributed by atoms with Crippen LogP contribution in [0.15, 0.2) is 22.7 Å². The molecule has 3 atom stereocenters. The summed E-state index contributed by atoms with van der Waals surface area (Å²) in [6.07, 6.45) is 6.68. The Balaban J connectivity index is 1.72. The number of benzene rings is 1. The molecule has 122 valence electrons. The SMILES string of the molecule is C[C@H]1CCCC[C@H]2CC[C@@H](c3nc4cccc(Br)c4[nH]3)N2C1=O. The van der Waals surface area contributed by atoms with Crippen molar-refractivity contribution in [3.63, 3.8) is 0 Å². The van der Waals surface area contributed by atoms with Crippen LogP contribution in [-0.4, -0.2) is 26.8 Å². The van der Waals surface area contributed by atoms with Gasteiger partial charge in [0.2, 0.25) is 5.91 Å². The van der Waals surface area contributed by atoms with E-state index in [1.54, 1.807) is 0 Å². The number of nitrogens with zero attached hydrogens (tertiary/aromatic N) is 2. The van der Waals surface area contributed by atoms with E-state index in [1.807, 2.05) is 18.2 Å². The number of para-hydroxylation sites is 1. The van der Waals surface area contributed by atoms with Crippen LogP contribution in [0.1, 0.15) is 57.3 Å². The van der Waals surface area contributed by atoms with Gasteiger partial charge in [0.1, 0.15) is 5.82 Å². The lowest BCUT2D eigenvalue weighted by atomic mass is 9.95. The van der Waals surface area contributed by atoms with Crippen LogP contribution in [0.4, 0.5) is 0 Å². The molecule has 2 aliphatic heterocycles. The molecule has 2 fully saturated rings. The summed E-state index contributed by atoms with van der Waals surface area (Å²) in [5.41, 5.74) is 1.99. The number of amides is 1. The monoisotopic (exact) mass is 375 g/mol. The van der Waals surface area contributed by atoms with E-state index < -0.39 is 0 Å². The zero-order valence-electron chi connectivity index (χ0n) is 13.4. The topological polar surface area (TPSA) is 49.0 Å². The quantitative estimate of drug-likeness (QED) is 0.793. The summed E-state index contributed by atoms with van der Waals surface area (Å²) < 4.78 is 1.02. The summed E-state index contributed by atoms with van der Waals surface area (Å²) in [6, 6.07) is 6.53. The molecular formula is C18H22BrN3O. The predicted octanol–water partition coefficient (Wildman–Crippen LogP) is 4.57. The molecular weight excluding hydrogens is 354 g/mol. The van der Waals surface area contributed by atoms with E-state index in [2.05, 4.69) is 32.7 Å². The molecule has 5 heteroatoms. The number of aromatic nitrogens is 2. The van der Waals surface area contributed by atoms with E-state index in [4.69, 9.17) is 4.98 Å². The molecule has 1 aromatic heterocycles. The first-order chi connectivity index (χ1) is 11.1. The second kappa shape index (κ2) is 5.93. The van der Waals surface area contributed by atoms with Gasteiger partial charge >= 0.3 is 0 Å². The maximum absolute atomic E-state index is 12.9. The minimum atomic E-state index is 0.104. The molecule has 1 aromatic carbocycles. The molecule has 0 saturated carbocycles. The van der Waals surface area contributed by atoms with Crippen LogP contribution in [0, 0.1) is 5.92 Å². The van der Waals surface area contributed by atoms with Gasteiger partial charge in [0.25, 0.3) is 0 Å². The van der Waals surface area contributed by atoms with E-state index in [0.29, 0.717) is 11.9 Å². The van der Waals surface area contributed by atoms with Crippen LogP contribution < -0.4 is 0 Å². The van der Waals surface area contributed by atoms with Gasteiger partial charge in [0, 0.05) is 16.4 Å². The van der Waals surface area contributed by atoms with Crippen LogP contribution in [0.25, 0.3) is 11.0 Å². The minimum absolute atomic E-state index is 0.104. The zero-order valence-corrected chi connectivity index (χ0v) is 15.0. The fourth-order valence-electron chi connectivity index (χ4n) is 4.15. The second-order valence-electron chi connectivity index (χ2n) is 6.93. The Morgan fingerprint density at radius 2 is 2.04 bits per heavy atom. The Labute approximate surface area is 144 Å². The number of nitrogens with one attached hydrogen (secondary N) is 1. The van der Waals surface area contributed by atoms with Gasteiger partial charge < -0.3 is 9.88 Å². The Bertz CT molecular complexity index is 741. The number of aromatic amines is 1. The van der Waals surface area contributed by atoms with Gasteiger partial charge in [-0.2, -0.15) is 0 Å². The van der Waals surface area contributed by atoms with Gasteiger partial charge in [0.15, 0.2) is 0 Å². The van der Waals surface area contributed by atoms with Crippen molar-refractivity contribution in [2.75, 3.05) is 0 Å². The van der Waals surface area contributed by atoms with Crippen molar-refractivity contribution < 1.29 is 4.79 Å². The van der Waals surface area contributed by atoms with E-state index >= 15 is 0 Å². The van der Waals surface area contributed by atoms with Crippen molar-refractivity contribution in [2.24, 2.45) is 5.92 Å². The highest BCUT2D eigenvalue weighted by atomic mass is 79.9. The molecule has 3 heterocycles. The number of H-pyrrole nitrogens is 1. The van der Waals surface area contributed by atoms with E-state index in [9.17, 15) is 4.79 Å². The zero-order chi connectivity index (χ0) is 16.0. The van der Waals surface area contributed by atoms with Gasteiger partial charge in [-0.15, -0.1) is 0 Å². The van der Waals surface area contributed by atoms with Crippen molar-refractivity contribution in [2.45, 2.75) is 57.5 Å². The number of rotatable bonds is 1. The number of hydrogen-bond donors (Lipinski definition) is 1. The smallest absolute Gasteiger partial charge is 0.226 e. The highest BCUT2D eigenvalue weighted by Crippen LogP contribution is 2.40. The van der Waals surface area contributed by atoms with Gasteiger partial charge in [-0.05, 0) is 53.7 Å². The van der Waals surface area contributed by atoms with Gasteiger partial charge in [-0.25, -0.2) is 4.98 Å². The van der Waals surface area contributed by atoms with E-state index in [-0.39, 0.29) is 12.0 Å². The molecule has 23 heavy (non-hydrogen) atoms. The number of carbonyl (C=O) groups excluding carboxylic acids is 1. The molecule has 0 radical (unpaired) electrons. The average Bonchev–Trinajstić information content (AvgIpc) is 3.13. The van der Waals surface area contributed by atoms with Crippen LogP contribution in [0.5, 0.6) is 0 Å². The summed E-state index contributed by atoms with van der Waals surface area (Å²) in [5, 5.41) is 0. The molecule has 1 amide bonds. The summed E-state index contributed by atoms with van der Waals surface area (Å²) >= 11 is 3.58. The number of carbonyl (C=O) groups is 1. The first-order valence-electron chi connectivity index (χ1n) is 8.61. The number of imidazole rings is 1. The molecule has 2 aliphatic rings. The molecule has 2 aromatic rings. The predicted molar refractivity (Wildman–Crippen MR) is 94.0 cm³/mol. The molecule has 0 unspecified atom stereocenters. The van der Waals surface area contributed by atoms with Crippen molar-refractivity contribution in [3.8, 4) is 0 Å². The number of halogens is 1. The Morgan fingerprint density at radius 3 is 2.87 bits per heavy atom. The third kappa shape index (κ3) is 2.59. The summed E-state index contributed by atoms with van der Waals surface area (Å²) in [4.78, 5) is 23.3. The molecule has 0 spiro atoms. The number of hydrogen-bond acceptors (Lipinski definition) is 2. The third-order valence-corrected chi connectivity index (χ3v) is 6.07. The highest BCUT2D eigenvalue weighted by molar-refractivity contribution is 9.10. The molecule has 2 saturated heterocycles. The fourth-order valence-corrected chi connectivity index (χ4v) is 4.60. The lowest BCUT2D eigenvalue weighted by Gasteiger charge is -2.33. The van der Waals surface area contributed by atoms with E-state index in [0.717, 1.165) is 47.0 Å². The first kappa shape index (κ1) is 15.2. The van der Waals surface area contributed by atoms with Gasteiger partial charge in [0.05, 0.1) is 17.1 Å². The second-order valence-corrected chi connectivity index (χ2v) is 7.79. The Morgan fingerprint density at radius 1 is 1.22 bits per heavy atom. The van der Waals surface area contributed by atoms with Gasteiger partial charge in [-0.3, -0.25) is 4.79 Å². The standard InChI is InChI=1S/C18H22BrN3O/c1-11-5-2-3-6-12-9-10-15(22(12)18(11)23)17-20-14-8-4-7-13(19)16(14)21-17/h4,7-8,11-12,15H,2-3,5-6,9-10H2,1H3,(H,20,21)/t11-,12-,15-/m0/s1. The minimum Gasteiger partial charge on any atom is -0.339 e. The Kier molecular flexibility index (Phi) is 3.92. The van der Waals surface area contributed by atoms with Crippen LogP contribution in [0.3, 0.4) is 0 Å². The average molecular weight is 376 g/mol. The lowest BCUT2D eigenvalue weighted by molar-refractivity contribution is -0.139. The molecule has 4 nitrogen and oxygen atoms in total. The van der Waals surface area contributed by atoms with Crippen molar-refractivity contribution in [1.29, 1.82) is 0 Å². The van der Waals surface area contributed by atoms with Crippen molar-refractivity contribution >= 4 is 32.9 Å². The fraction of sp³-hybridized carbons (Fsp3) is 0.556. The molecule has 0 aliphatic carbocycles. The van der Waals surface area contributed by atoms with Crippen molar-refractivity contribution in [3.05, 3.63) is 28.5 Å². The maximum atomic E-state index is 12.9. The molecule has 4 rings (SSSR count). The summed E-state index contributed by atoms with van der Waals surface area (Å²) in [7, 11) is 0. The van der Waals surface area contributed by atoms with Gasteiger partial charge in [-0.1, -0.05) is 25.8 Å².